The Bertz CT molecular complexity index is 335. The van der Waals surface area contributed by atoms with Crippen LogP contribution in [0.3, 0.4) is 0 Å². The van der Waals surface area contributed by atoms with Crippen LogP contribution in [-0.2, 0) is 11.3 Å². The number of likely N-dealkylation sites (N-methyl/N-ethyl adjacent to an activating group) is 1. The van der Waals surface area contributed by atoms with Gasteiger partial charge in [0, 0.05) is 29.4 Å². The molecule has 0 radical (unpaired) electrons. The summed E-state index contributed by atoms with van der Waals surface area (Å²) < 4.78 is 5.50. The minimum atomic E-state index is 0.272. The van der Waals surface area contributed by atoms with Crippen LogP contribution >= 0.6 is 11.6 Å². The molecule has 0 aliphatic rings. The molecule has 0 unspecified atom stereocenters. The Morgan fingerprint density at radius 1 is 1.41 bits per heavy atom. The highest BCUT2D eigenvalue weighted by Crippen LogP contribution is 2.22. The van der Waals surface area contributed by atoms with E-state index in [9.17, 15) is 0 Å². The molecule has 4 heteroatoms. The summed E-state index contributed by atoms with van der Waals surface area (Å²) >= 11 is 6.12. The number of anilines is 1. The summed E-state index contributed by atoms with van der Waals surface area (Å²) in [5.74, 6) is 0. The molecular weight excluding hydrogens is 236 g/mol. The number of benzene rings is 1. The highest BCUT2D eigenvalue weighted by atomic mass is 35.5. The van der Waals surface area contributed by atoms with Crippen LogP contribution < -0.4 is 5.73 Å². The third kappa shape index (κ3) is 4.94. The van der Waals surface area contributed by atoms with Crippen molar-refractivity contribution in [2.75, 3.05) is 25.9 Å². The minimum Gasteiger partial charge on any atom is -0.398 e. The molecule has 1 aromatic carbocycles. The zero-order valence-corrected chi connectivity index (χ0v) is 11.5. The molecule has 0 aromatic heterocycles. The van der Waals surface area contributed by atoms with Crippen LogP contribution in [0.4, 0.5) is 5.69 Å². The van der Waals surface area contributed by atoms with Crippen LogP contribution in [0.1, 0.15) is 19.4 Å². The van der Waals surface area contributed by atoms with Crippen molar-refractivity contribution in [3.8, 4) is 0 Å². The average molecular weight is 257 g/mol. The molecule has 0 aliphatic carbocycles. The average Bonchev–Trinajstić information content (AvgIpc) is 2.23. The van der Waals surface area contributed by atoms with Crippen LogP contribution in [0.2, 0.25) is 5.02 Å². The zero-order valence-electron chi connectivity index (χ0n) is 10.7. The Kier molecular flexibility index (Phi) is 5.75. The van der Waals surface area contributed by atoms with Gasteiger partial charge in [0.1, 0.15) is 0 Å². The number of nitrogen functional groups attached to an aromatic ring is 1. The lowest BCUT2D eigenvalue weighted by Gasteiger charge is -2.19. The van der Waals surface area contributed by atoms with E-state index in [0.717, 1.165) is 36.0 Å². The van der Waals surface area contributed by atoms with Crippen molar-refractivity contribution in [1.82, 2.24) is 4.90 Å². The molecule has 96 valence electrons. The molecule has 0 saturated heterocycles. The fourth-order valence-electron chi connectivity index (χ4n) is 1.54. The normalized spacial score (nSPS) is 11.4. The van der Waals surface area contributed by atoms with Crippen molar-refractivity contribution >= 4 is 17.3 Å². The Labute approximate surface area is 109 Å². The number of hydrogen-bond donors (Lipinski definition) is 1. The first-order chi connectivity index (χ1) is 8.00. The Morgan fingerprint density at radius 3 is 2.71 bits per heavy atom. The summed E-state index contributed by atoms with van der Waals surface area (Å²) in [6, 6.07) is 5.61. The topological polar surface area (TPSA) is 38.5 Å². The quantitative estimate of drug-likeness (QED) is 0.796. The smallest absolute Gasteiger partial charge is 0.0596 e. The lowest BCUT2D eigenvalue weighted by atomic mass is 10.1. The van der Waals surface area contributed by atoms with Gasteiger partial charge in [-0.25, -0.2) is 0 Å². The lowest BCUT2D eigenvalue weighted by Crippen LogP contribution is -2.24. The molecule has 0 atom stereocenters. The van der Waals surface area contributed by atoms with Crippen LogP contribution in [0.15, 0.2) is 18.2 Å². The third-order valence-electron chi connectivity index (χ3n) is 2.51. The number of rotatable bonds is 6. The molecule has 0 fully saturated rings. The van der Waals surface area contributed by atoms with E-state index in [1.54, 1.807) is 0 Å². The van der Waals surface area contributed by atoms with Gasteiger partial charge in [0.05, 0.1) is 12.7 Å². The minimum absolute atomic E-state index is 0.272. The highest BCUT2D eigenvalue weighted by Gasteiger charge is 2.07. The van der Waals surface area contributed by atoms with Gasteiger partial charge in [-0.2, -0.15) is 0 Å². The molecule has 1 aromatic rings. The van der Waals surface area contributed by atoms with Gasteiger partial charge in [-0.1, -0.05) is 17.7 Å². The fourth-order valence-corrected chi connectivity index (χ4v) is 1.78. The molecule has 0 amide bonds. The van der Waals surface area contributed by atoms with Gasteiger partial charge in [-0.15, -0.1) is 0 Å². The van der Waals surface area contributed by atoms with Crippen molar-refractivity contribution in [2.24, 2.45) is 0 Å². The van der Waals surface area contributed by atoms with Gasteiger partial charge >= 0.3 is 0 Å². The summed E-state index contributed by atoms with van der Waals surface area (Å²) in [5, 5.41) is 0.724. The van der Waals surface area contributed by atoms with E-state index in [1.165, 1.54) is 0 Å². The number of nitrogens with two attached hydrogens (primary N) is 1. The molecule has 0 heterocycles. The van der Waals surface area contributed by atoms with Crippen LogP contribution in [0, 0.1) is 0 Å². The van der Waals surface area contributed by atoms with Crippen molar-refractivity contribution in [3.63, 3.8) is 0 Å². The summed E-state index contributed by atoms with van der Waals surface area (Å²) in [6.45, 7) is 6.40. The Hall–Kier alpha value is -0.770. The van der Waals surface area contributed by atoms with Gasteiger partial charge in [-0.05, 0) is 33.0 Å². The zero-order chi connectivity index (χ0) is 12.8. The second kappa shape index (κ2) is 6.84. The molecule has 3 nitrogen and oxygen atoms in total. The number of hydrogen-bond acceptors (Lipinski definition) is 3. The van der Waals surface area contributed by atoms with Crippen molar-refractivity contribution < 1.29 is 4.74 Å². The maximum atomic E-state index is 6.12. The van der Waals surface area contributed by atoms with Gasteiger partial charge in [-0.3, -0.25) is 4.90 Å². The molecule has 0 bridgehead atoms. The SMILES string of the molecule is CC(C)OCCN(C)Cc1c(N)cccc1Cl. The first-order valence-corrected chi connectivity index (χ1v) is 6.21. The predicted octanol–water partition coefficient (Wildman–Crippen LogP) is 2.78. The van der Waals surface area contributed by atoms with Crippen LogP contribution in [-0.4, -0.2) is 31.2 Å². The second-order valence-electron chi connectivity index (χ2n) is 4.46. The van der Waals surface area contributed by atoms with Gasteiger partial charge in [0.25, 0.3) is 0 Å². The first-order valence-electron chi connectivity index (χ1n) is 5.83. The fraction of sp³-hybridized carbons (Fsp3) is 0.538. The van der Waals surface area contributed by atoms with E-state index in [-0.39, 0.29) is 6.10 Å². The van der Waals surface area contributed by atoms with Crippen LogP contribution in [0.25, 0.3) is 0 Å². The van der Waals surface area contributed by atoms with Crippen LogP contribution in [0.5, 0.6) is 0 Å². The molecular formula is C13H21ClN2O. The summed E-state index contributed by atoms with van der Waals surface area (Å²) in [7, 11) is 2.03. The number of halogens is 1. The van der Waals surface area contributed by atoms with E-state index >= 15 is 0 Å². The summed E-state index contributed by atoms with van der Waals surface area (Å²) in [6.07, 6.45) is 0.272. The van der Waals surface area contributed by atoms with Crippen molar-refractivity contribution in [3.05, 3.63) is 28.8 Å². The maximum Gasteiger partial charge on any atom is 0.0596 e. The standard InChI is InChI=1S/C13H21ClN2O/c1-10(2)17-8-7-16(3)9-11-12(14)5-4-6-13(11)15/h4-6,10H,7-9,15H2,1-3H3. The van der Waals surface area contributed by atoms with Gasteiger partial charge in [0.15, 0.2) is 0 Å². The first kappa shape index (κ1) is 14.3. The van der Waals surface area contributed by atoms with E-state index in [0.29, 0.717) is 0 Å². The third-order valence-corrected chi connectivity index (χ3v) is 2.86. The summed E-state index contributed by atoms with van der Waals surface area (Å²) in [4.78, 5) is 2.15. The Morgan fingerprint density at radius 2 is 2.12 bits per heavy atom. The van der Waals surface area contributed by atoms with Crippen molar-refractivity contribution in [2.45, 2.75) is 26.5 Å². The van der Waals surface area contributed by atoms with Crippen molar-refractivity contribution in [1.29, 1.82) is 0 Å². The summed E-state index contributed by atoms with van der Waals surface area (Å²) in [5.41, 5.74) is 7.64. The number of nitrogens with zero attached hydrogens (tertiary/aromatic N) is 1. The highest BCUT2D eigenvalue weighted by molar-refractivity contribution is 6.31. The predicted molar refractivity (Wildman–Crippen MR) is 73.3 cm³/mol. The number of ether oxygens (including phenoxy) is 1. The van der Waals surface area contributed by atoms with E-state index < -0.39 is 0 Å². The van der Waals surface area contributed by atoms with Gasteiger partial charge < -0.3 is 10.5 Å². The lowest BCUT2D eigenvalue weighted by molar-refractivity contribution is 0.0627. The molecule has 17 heavy (non-hydrogen) atoms. The van der Waals surface area contributed by atoms with Gasteiger partial charge in [0.2, 0.25) is 0 Å². The molecule has 0 spiro atoms. The molecule has 0 saturated carbocycles. The molecule has 1 rings (SSSR count). The molecule has 2 N–H and O–H groups in total. The largest absolute Gasteiger partial charge is 0.398 e. The Balaban J connectivity index is 2.47. The monoisotopic (exact) mass is 256 g/mol. The van der Waals surface area contributed by atoms with E-state index in [4.69, 9.17) is 22.1 Å². The second-order valence-corrected chi connectivity index (χ2v) is 4.87. The van der Waals surface area contributed by atoms with E-state index in [2.05, 4.69) is 4.90 Å². The van der Waals surface area contributed by atoms with E-state index in [1.807, 2.05) is 39.1 Å². The molecule has 0 aliphatic heterocycles. The maximum absolute atomic E-state index is 6.12.